The third-order valence-electron chi connectivity index (χ3n) is 6.17. The molecule has 0 fully saturated rings. The topological polar surface area (TPSA) is 61.7 Å². The summed E-state index contributed by atoms with van der Waals surface area (Å²) in [5.41, 5.74) is 3.39. The Bertz CT molecular complexity index is 1650. The molecule has 34 heavy (non-hydrogen) atoms. The number of hydrogen-bond acceptors (Lipinski definition) is 3. The van der Waals surface area contributed by atoms with Crippen LogP contribution in [0.1, 0.15) is 11.1 Å². The third-order valence-corrected chi connectivity index (χ3v) is 6.17. The van der Waals surface area contributed by atoms with Crippen molar-refractivity contribution in [3.8, 4) is 0 Å². The number of nitrogens with one attached hydrogen (secondary N) is 1. The number of fused-ring (bicyclic) bond motifs is 3. The lowest BCUT2D eigenvalue weighted by Crippen LogP contribution is -2.20. The van der Waals surface area contributed by atoms with Crippen LogP contribution in [-0.2, 0) is 4.79 Å². The fourth-order valence-electron chi connectivity index (χ4n) is 4.55. The predicted molar refractivity (Wildman–Crippen MR) is 139 cm³/mol. The second-order valence-corrected chi connectivity index (χ2v) is 8.21. The van der Waals surface area contributed by atoms with E-state index < -0.39 is 5.91 Å². The first-order valence-corrected chi connectivity index (χ1v) is 11.1. The lowest BCUT2D eigenvalue weighted by Gasteiger charge is -2.11. The van der Waals surface area contributed by atoms with Crippen molar-refractivity contribution in [2.24, 2.45) is 4.99 Å². The Labute approximate surface area is 196 Å². The lowest BCUT2D eigenvalue weighted by molar-refractivity contribution is -0.112. The van der Waals surface area contributed by atoms with Crippen molar-refractivity contribution in [2.75, 3.05) is 5.32 Å². The maximum absolute atomic E-state index is 13.6. The number of nitrogens with zero attached hydrogens (tertiary/aromatic N) is 1. The van der Waals surface area contributed by atoms with Crippen LogP contribution in [0, 0.1) is 0 Å². The fourth-order valence-corrected chi connectivity index (χ4v) is 4.55. The number of carbonyl (C=O) groups is 1. The first-order valence-electron chi connectivity index (χ1n) is 11.1. The van der Waals surface area contributed by atoms with E-state index in [1.165, 1.54) is 0 Å². The average Bonchev–Trinajstić information content (AvgIpc) is 3.16. The second-order valence-electron chi connectivity index (χ2n) is 8.21. The van der Waals surface area contributed by atoms with Crippen LogP contribution in [0.25, 0.3) is 27.3 Å². The molecule has 0 aliphatic heterocycles. The molecular weight excluding hydrogens is 420 g/mol. The molecule has 0 unspecified atom stereocenters. The number of aliphatic hydroxyl groups is 1. The Balaban J connectivity index is 1.49. The molecule has 1 amide bonds. The van der Waals surface area contributed by atoms with E-state index in [0.717, 1.165) is 32.8 Å². The summed E-state index contributed by atoms with van der Waals surface area (Å²) in [5, 5.41) is 18.1. The summed E-state index contributed by atoms with van der Waals surface area (Å²) in [6.45, 7) is 0. The molecule has 0 bridgehead atoms. The van der Waals surface area contributed by atoms with Crippen LogP contribution in [0.2, 0.25) is 0 Å². The van der Waals surface area contributed by atoms with E-state index in [0.29, 0.717) is 17.0 Å². The van der Waals surface area contributed by atoms with Gasteiger partial charge >= 0.3 is 0 Å². The van der Waals surface area contributed by atoms with Crippen LogP contribution in [0.5, 0.6) is 0 Å². The van der Waals surface area contributed by atoms with E-state index in [2.05, 4.69) is 5.32 Å². The van der Waals surface area contributed by atoms with Crippen LogP contribution in [0.15, 0.2) is 120 Å². The summed E-state index contributed by atoms with van der Waals surface area (Å²) in [5.74, 6) is -0.462. The Morgan fingerprint density at radius 3 is 2.03 bits per heavy atom. The number of hydrogen-bond donors (Lipinski definition) is 2. The summed E-state index contributed by atoms with van der Waals surface area (Å²) in [6.07, 6.45) is 0. The van der Waals surface area contributed by atoms with E-state index in [1.807, 2.05) is 109 Å². The van der Waals surface area contributed by atoms with Crippen LogP contribution in [0.3, 0.4) is 0 Å². The van der Waals surface area contributed by atoms with Crippen molar-refractivity contribution < 1.29 is 9.90 Å². The monoisotopic (exact) mass is 440 g/mol. The number of amides is 1. The Hall–Kier alpha value is -4.70. The van der Waals surface area contributed by atoms with E-state index >= 15 is 0 Å². The number of carbonyl (C=O) groups excluding carboxylic acids is 1. The first-order chi connectivity index (χ1) is 16.7. The molecule has 1 aliphatic carbocycles. The molecule has 6 rings (SSSR count). The summed E-state index contributed by atoms with van der Waals surface area (Å²) < 4.78 is 0. The molecule has 2 N–H and O–H groups in total. The second kappa shape index (κ2) is 8.01. The highest BCUT2D eigenvalue weighted by molar-refractivity contribution is 6.38. The molecule has 4 heteroatoms. The van der Waals surface area contributed by atoms with E-state index in [9.17, 15) is 9.90 Å². The van der Waals surface area contributed by atoms with Gasteiger partial charge in [-0.15, -0.1) is 0 Å². The number of rotatable bonds is 3. The number of aliphatic imine (C=N–C) groups is 1. The van der Waals surface area contributed by atoms with Crippen molar-refractivity contribution in [2.45, 2.75) is 0 Å². The van der Waals surface area contributed by atoms with Gasteiger partial charge in [0.2, 0.25) is 0 Å². The highest BCUT2D eigenvalue weighted by atomic mass is 16.3. The van der Waals surface area contributed by atoms with Crippen LogP contribution >= 0.6 is 0 Å². The maximum Gasteiger partial charge on any atom is 0.261 e. The molecular formula is C30H20N2O2. The molecule has 0 aromatic heterocycles. The highest BCUT2D eigenvalue weighted by Gasteiger charge is 2.32. The van der Waals surface area contributed by atoms with Crippen molar-refractivity contribution in [1.82, 2.24) is 0 Å². The van der Waals surface area contributed by atoms with E-state index in [-0.39, 0.29) is 11.3 Å². The van der Waals surface area contributed by atoms with Crippen molar-refractivity contribution >= 4 is 50.3 Å². The summed E-state index contributed by atoms with van der Waals surface area (Å²) in [7, 11) is 0. The molecule has 0 radical (unpaired) electrons. The molecule has 0 atom stereocenters. The van der Waals surface area contributed by atoms with Gasteiger partial charge in [0.1, 0.15) is 11.3 Å². The summed E-state index contributed by atoms with van der Waals surface area (Å²) in [6, 6.07) is 34.9. The van der Waals surface area contributed by atoms with Gasteiger partial charge in [0, 0.05) is 27.6 Å². The largest absolute Gasteiger partial charge is 0.506 e. The minimum atomic E-state index is -0.399. The summed E-state index contributed by atoms with van der Waals surface area (Å²) >= 11 is 0. The zero-order chi connectivity index (χ0) is 23.1. The summed E-state index contributed by atoms with van der Waals surface area (Å²) in [4.78, 5) is 18.5. The van der Waals surface area contributed by atoms with Gasteiger partial charge in [-0.3, -0.25) is 4.79 Å². The predicted octanol–water partition coefficient (Wildman–Crippen LogP) is 7.04. The van der Waals surface area contributed by atoms with E-state index in [1.54, 1.807) is 0 Å². The van der Waals surface area contributed by atoms with Crippen LogP contribution in [0.4, 0.5) is 11.4 Å². The van der Waals surface area contributed by atoms with Crippen molar-refractivity contribution in [3.63, 3.8) is 0 Å². The maximum atomic E-state index is 13.6. The zero-order valence-corrected chi connectivity index (χ0v) is 18.2. The van der Waals surface area contributed by atoms with Gasteiger partial charge < -0.3 is 10.4 Å². The fraction of sp³-hybridized carbons (Fsp3) is 0. The highest BCUT2D eigenvalue weighted by Crippen LogP contribution is 2.36. The molecule has 0 heterocycles. The van der Waals surface area contributed by atoms with Crippen LogP contribution < -0.4 is 5.32 Å². The van der Waals surface area contributed by atoms with Crippen molar-refractivity contribution in [1.29, 1.82) is 0 Å². The van der Waals surface area contributed by atoms with Gasteiger partial charge in [-0.05, 0) is 22.9 Å². The first kappa shape index (κ1) is 19.9. The normalized spacial score (nSPS) is 14.1. The minimum absolute atomic E-state index is 0.0627. The molecule has 5 aromatic rings. The molecule has 0 saturated heterocycles. The van der Waals surface area contributed by atoms with E-state index in [4.69, 9.17) is 4.99 Å². The van der Waals surface area contributed by atoms with Crippen molar-refractivity contribution in [3.05, 3.63) is 126 Å². The standard InChI is InChI=1S/C30H20N2O2/c33-29-24-16-6-5-15-23(24)28(31-25-17-7-11-19-9-1-3-13-21(19)25)27(29)30(34)32-26-18-8-12-20-10-2-4-14-22(20)26/h1-18,33H,(H,32,34). The van der Waals surface area contributed by atoms with Gasteiger partial charge in [0.25, 0.3) is 5.91 Å². The molecule has 0 spiro atoms. The van der Waals surface area contributed by atoms with Crippen LogP contribution in [-0.4, -0.2) is 16.7 Å². The number of benzene rings is 5. The smallest absolute Gasteiger partial charge is 0.261 e. The Kier molecular flexibility index (Phi) is 4.70. The van der Waals surface area contributed by atoms with Gasteiger partial charge in [0.15, 0.2) is 0 Å². The Morgan fingerprint density at radius 2 is 1.24 bits per heavy atom. The number of aliphatic hydroxyl groups excluding tert-OH is 1. The molecule has 162 valence electrons. The average molecular weight is 441 g/mol. The quantitative estimate of drug-likeness (QED) is 0.316. The molecule has 4 nitrogen and oxygen atoms in total. The van der Waals surface area contributed by atoms with Gasteiger partial charge in [-0.25, -0.2) is 4.99 Å². The van der Waals surface area contributed by atoms with Gasteiger partial charge in [-0.1, -0.05) is 97.1 Å². The molecule has 0 saturated carbocycles. The van der Waals surface area contributed by atoms with Gasteiger partial charge in [-0.2, -0.15) is 0 Å². The molecule has 5 aromatic carbocycles. The Morgan fingerprint density at radius 1 is 0.647 bits per heavy atom. The zero-order valence-electron chi connectivity index (χ0n) is 18.2. The third kappa shape index (κ3) is 3.24. The van der Waals surface area contributed by atoms with Gasteiger partial charge in [0.05, 0.1) is 11.4 Å². The molecule has 1 aliphatic rings. The SMILES string of the molecule is O=C(Nc1cccc2ccccc12)C1=C(O)c2ccccc2C1=Nc1cccc2ccccc12. The lowest BCUT2D eigenvalue weighted by atomic mass is 10.0. The number of anilines is 1. The minimum Gasteiger partial charge on any atom is -0.506 e.